The van der Waals surface area contributed by atoms with Crippen LogP contribution in [0.2, 0.25) is 0 Å². The smallest absolute Gasteiger partial charge is 0.305 e. The topological polar surface area (TPSA) is 95.9 Å². The molecule has 0 aromatic rings. The molecular formula is C50H95NO5. The van der Waals surface area contributed by atoms with Gasteiger partial charge in [0.15, 0.2) is 0 Å². The van der Waals surface area contributed by atoms with Crippen LogP contribution in [0.3, 0.4) is 0 Å². The first-order chi connectivity index (χ1) is 27.5. The van der Waals surface area contributed by atoms with Crippen molar-refractivity contribution in [1.29, 1.82) is 0 Å². The van der Waals surface area contributed by atoms with Gasteiger partial charge in [-0.1, -0.05) is 212 Å². The van der Waals surface area contributed by atoms with E-state index in [4.69, 9.17) is 4.74 Å². The first-order valence-corrected chi connectivity index (χ1v) is 24.6. The van der Waals surface area contributed by atoms with Crippen LogP contribution < -0.4 is 5.32 Å². The summed E-state index contributed by atoms with van der Waals surface area (Å²) in [5.41, 5.74) is 0. The number of amides is 1. The molecule has 0 saturated carbocycles. The molecule has 1 amide bonds. The molecule has 0 aliphatic carbocycles. The number of ether oxygens (including phenoxy) is 1. The van der Waals surface area contributed by atoms with Gasteiger partial charge in [0.1, 0.15) is 0 Å². The molecule has 0 saturated heterocycles. The van der Waals surface area contributed by atoms with Crippen LogP contribution in [0.15, 0.2) is 24.3 Å². The SMILES string of the molecule is CCCCCC/C=C\C/C=C\CCCCCCCC(=O)OCCCCCCCCCCCCCCCC(=O)NC(CO)C(O)CCCCCCCCCCCC. The molecule has 56 heavy (non-hydrogen) atoms. The van der Waals surface area contributed by atoms with Crippen LogP contribution in [0.1, 0.15) is 258 Å². The van der Waals surface area contributed by atoms with Gasteiger partial charge in [-0.25, -0.2) is 0 Å². The van der Waals surface area contributed by atoms with E-state index in [9.17, 15) is 19.8 Å². The van der Waals surface area contributed by atoms with Crippen molar-refractivity contribution in [1.82, 2.24) is 5.32 Å². The van der Waals surface area contributed by atoms with E-state index < -0.39 is 12.1 Å². The molecular weight excluding hydrogens is 695 g/mol. The van der Waals surface area contributed by atoms with Gasteiger partial charge < -0.3 is 20.3 Å². The van der Waals surface area contributed by atoms with E-state index in [2.05, 4.69) is 43.5 Å². The van der Waals surface area contributed by atoms with Crippen LogP contribution in [0.25, 0.3) is 0 Å². The molecule has 0 aromatic heterocycles. The average molecular weight is 790 g/mol. The number of hydrogen-bond acceptors (Lipinski definition) is 5. The Morgan fingerprint density at radius 1 is 0.500 bits per heavy atom. The molecule has 330 valence electrons. The summed E-state index contributed by atoms with van der Waals surface area (Å²) in [6.45, 7) is 4.88. The number of esters is 1. The lowest BCUT2D eigenvalue weighted by Crippen LogP contribution is -2.45. The van der Waals surface area contributed by atoms with Crippen molar-refractivity contribution >= 4 is 11.9 Å². The summed E-state index contributed by atoms with van der Waals surface area (Å²) in [5.74, 6) is -0.0702. The fourth-order valence-corrected chi connectivity index (χ4v) is 7.43. The van der Waals surface area contributed by atoms with Gasteiger partial charge in [-0.3, -0.25) is 9.59 Å². The maximum atomic E-state index is 12.4. The third-order valence-corrected chi connectivity index (χ3v) is 11.3. The van der Waals surface area contributed by atoms with Crippen molar-refractivity contribution < 1.29 is 24.5 Å². The Morgan fingerprint density at radius 3 is 1.38 bits per heavy atom. The van der Waals surface area contributed by atoms with Gasteiger partial charge in [0.05, 0.1) is 25.4 Å². The van der Waals surface area contributed by atoms with Gasteiger partial charge in [-0.2, -0.15) is 0 Å². The van der Waals surface area contributed by atoms with Crippen LogP contribution in [-0.2, 0) is 14.3 Å². The van der Waals surface area contributed by atoms with Crippen molar-refractivity contribution in [2.24, 2.45) is 0 Å². The number of aliphatic hydroxyl groups is 2. The van der Waals surface area contributed by atoms with Crippen molar-refractivity contribution in [3.05, 3.63) is 24.3 Å². The fraction of sp³-hybridized carbons (Fsp3) is 0.880. The summed E-state index contributed by atoms with van der Waals surface area (Å²) in [7, 11) is 0. The lowest BCUT2D eigenvalue weighted by atomic mass is 10.0. The van der Waals surface area contributed by atoms with E-state index in [1.807, 2.05) is 0 Å². The lowest BCUT2D eigenvalue weighted by molar-refractivity contribution is -0.143. The molecule has 6 heteroatoms. The first-order valence-electron chi connectivity index (χ1n) is 24.6. The van der Waals surface area contributed by atoms with Crippen LogP contribution in [-0.4, -0.2) is 47.4 Å². The van der Waals surface area contributed by atoms with Crippen LogP contribution >= 0.6 is 0 Å². The molecule has 0 rings (SSSR count). The van der Waals surface area contributed by atoms with Crippen LogP contribution in [0.4, 0.5) is 0 Å². The number of allylic oxidation sites excluding steroid dienone is 4. The van der Waals surface area contributed by atoms with E-state index in [1.54, 1.807) is 0 Å². The third kappa shape index (κ3) is 42.0. The Kier molecular flexibility index (Phi) is 44.7. The molecule has 0 aliphatic rings. The highest BCUT2D eigenvalue weighted by molar-refractivity contribution is 5.76. The predicted molar refractivity (Wildman–Crippen MR) is 241 cm³/mol. The first kappa shape index (κ1) is 54.3. The minimum Gasteiger partial charge on any atom is -0.466 e. The van der Waals surface area contributed by atoms with E-state index in [0.717, 1.165) is 57.8 Å². The highest BCUT2D eigenvalue weighted by atomic mass is 16.5. The third-order valence-electron chi connectivity index (χ3n) is 11.3. The summed E-state index contributed by atoms with van der Waals surface area (Å²) in [6, 6.07) is -0.549. The Balaban J connectivity index is 3.45. The summed E-state index contributed by atoms with van der Waals surface area (Å²) in [4.78, 5) is 24.4. The van der Waals surface area contributed by atoms with Crippen LogP contribution in [0, 0.1) is 0 Å². The molecule has 0 radical (unpaired) electrons. The number of nitrogens with one attached hydrogen (secondary N) is 1. The zero-order valence-corrected chi connectivity index (χ0v) is 37.4. The van der Waals surface area contributed by atoms with Gasteiger partial charge in [0.2, 0.25) is 5.91 Å². The number of aliphatic hydroxyl groups excluding tert-OH is 2. The lowest BCUT2D eigenvalue weighted by Gasteiger charge is -2.22. The minimum absolute atomic E-state index is 0.0194. The Bertz CT molecular complexity index is 874. The summed E-state index contributed by atoms with van der Waals surface area (Å²) in [6.07, 6.45) is 52.8. The van der Waals surface area contributed by atoms with Gasteiger partial charge >= 0.3 is 5.97 Å². The number of hydrogen-bond donors (Lipinski definition) is 3. The highest BCUT2D eigenvalue weighted by Gasteiger charge is 2.20. The zero-order valence-electron chi connectivity index (χ0n) is 37.4. The van der Waals surface area contributed by atoms with Crippen molar-refractivity contribution in [2.75, 3.05) is 13.2 Å². The standard InChI is InChI=1S/C50H95NO5/c1-3-5-7-9-11-13-15-16-17-18-21-24-28-32-36-40-44-50(55)56-45-41-37-33-29-25-22-19-20-23-27-31-35-39-43-49(54)51-47(46-52)48(53)42-38-34-30-26-14-12-10-8-6-4-2/h13,15,17-18,47-48,52-53H,3-12,14,16,19-46H2,1-2H3,(H,51,54)/b15-13-,18-17-. The maximum absolute atomic E-state index is 12.4. The van der Waals surface area contributed by atoms with E-state index in [-0.39, 0.29) is 18.5 Å². The second-order valence-corrected chi connectivity index (χ2v) is 16.8. The summed E-state index contributed by atoms with van der Waals surface area (Å²) < 4.78 is 5.45. The van der Waals surface area contributed by atoms with Crippen LogP contribution in [0.5, 0.6) is 0 Å². The highest BCUT2D eigenvalue weighted by Crippen LogP contribution is 2.16. The molecule has 0 spiro atoms. The number of unbranched alkanes of at least 4 members (excludes halogenated alkanes) is 30. The van der Waals surface area contributed by atoms with Crippen molar-refractivity contribution in [2.45, 2.75) is 270 Å². The second kappa shape index (κ2) is 46.0. The average Bonchev–Trinajstić information content (AvgIpc) is 3.20. The van der Waals surface area contributed by atoms with Gasteiger partial charge in [0.25, 0.3) is 0 Å². The molecule has 0 aromatic carbocycles. The molecule has 2 atom stereocenters. The Labute approximate surface area is 348 Å². The van der Waals surface area contributed by atoms with E-state index in [1.165, 1.54) is 167 Å². The molecule has 2 unspecified atom stereocenters. The summed E-state index contributed by atoms with van der Waals surface area (Å²) >= 11 is 0. The predicted octanol–water partition coefficient (Wildman–Crippen LogP) is 14.3. The van der Waals surface area contributed by atoms with E-state index in [0.29, 0.717) is 25.9 Å². The monoisotopic (exact) mass is 790 g/mol. The van der Waals surface area contributed by atoms with Gasteiger partial charge in [-0.15, -0.1) is 0 Å². The molecule has 0 aliphatic heterocycles. The quantitative estimate of drug-likeness (QED) is 0.0324. The van der Waals surface area contributed by atoms with Crippen molar-refractivity contribution in [3.8, 4) is 0 Å². The molecule has 6 nitrogen and oxygen atoms in total. The molecule has 0 fully saturated rings. The normalized spacial score (nSPS) is 12.9. The Hall–Kier alpha value is -1.66. The molecule has 0 bridgehead atoms. The molecule has 0 heterocycles. The summed E-state index contributed by atoms with van der Waals surface area (Å²) in [5, 5.41) is 23.1. The number of rotatable bonds is 45. The number of carbonyl (C=O) groups excluding carboxylic acids is 2. The molecule has 3 N–H and O–H groups in total. The number of carbonyl (C=O) groups is 2. The van der Waals surface area contributed by atoms with Crippen molar-refractivity contribution in [3.63, 3.8) is 0 Å². The maximum Gasteiger partial charge on any atom is 0.305 e. The minimum atomic E-state index is -0.671. The Morgan fingerprint density at radius 2 is 0.893 bits per heavy atom. The largest absolute Gasteiger partial charge is 0.466 e. The zero-order chi connectivity index (χ0) is 40.8. The van der Waals surface area contributed by atoms with E-state index >= 15 is 0 Å². The fourth-order valence-electron chi connectivity index (χ4n) is 7.43. The van der Waals surface area contributed by atoms with Gasteiger partial charge in [-0.05, 0) is 57.8 Å². The second-order valence-electron chi connectivity index (χ2n) is 16.8. The van der Waals surface area contributed by atoms with Gasteiger partial charge in [0, 0.05) is 12.8 Å².